The minimum atomic E-state index is -0.370. The van der Waals surface area contributed by atoms with Crippen molar-refractivity contribution < 1.29 is 13.9 Å². The molecular formula is C14H15NO3. The number of fused-ring (bicyclic) bond motifs is 1. The molecule has 0 radical (unpaired) electrons. The molecule has 0 spiro atoms. The van der Waals surface area contributed by atoms with Gasteiger partial charge < -0.3 is 13.9 Å². The highest BCUT2D eigenvalue weighted by molar-refractivity contribution is 5.75. The standard InChI is InChI=1S/C14H15NO3/c1-14(10-16-7-8-17-14)5-4-11-9-12-13(18-11)3-2-6-15-12/h2-6,9H,7-8,10H2,1H3/b5-4+/t14-/m0/s1. The number of furan rings is 1. The number of hydrogen-bond donors (Lipinski definition) is 0. The Morgan fingerprint density at radius 3 is 3.11 bits per heavy atom. The minimum Gasteiger partial charge on any atom is -0.455 e. The van der Waals surface area contributed by atoms with Crippen LogP contribution in [0.5, 0.6) is 0 Å². The Morgan fingerprint density at radius 1 is 1.39 bits per heavy atom. The second-order valence-electron chi connectivity index (χ2n) is 4.58. The molecule has 2 aromatic heterocycles. The van der Waals surface area contributed by atoms with Crippen molar-refractivity contribution in [3.63, 3.8) is 0 Å². The maximum absolute atomic E-state index is 5.69. The van der Waals surface area contributed by atoms with Crippen LogP contribution in [0.3, 0.4) is 0 Å². The van der Waals surface area contributed by atoms with Crippen LogP contribution in [0.4, 0.5) is 0 Å². The molecule has 3 heterocycles. The Labute approximate surface area is 105 Å². The molecule has 1 aliphatic heterocycles. The van der Waals surface area contributed by atoms with E-state index in [1.165, 1.54) is 0 Å². The fraction of sp³-hybridized carbons (Fsp3) is 0.357. The van der Waals surface area contributed by atoms with E-state index in [1.807, 2.05) is 37.3 Å². The van der Waals surface area contributed by atoms with Crippen LogP contribution in [0.25, 0.3) is 17.2 Å². The maximum Gasteiger partial charge on any atom is 0.153 e. The lowest BCUT2D eigenvalue weighted by Gasteiger charge is -2.30. The van der Waals surface area contributed by atoms with Gasteiger partial charge in [0, 0.05) is 12.3 Å². The molecule has 0 saturated carbocycles. The Morgan fingerprint density at radius 2 is 2.33 bits per heavy atom. The lowest BCUT2D eigenvalue weighted by Crippen LogP contribution is -2.38. The molecule has 4 heteroatoms. The van der Waals surface area contributed by atoms with E-state index in [2.05, 4.69) is 4.98 Å². The van der Waals surface area contributed by atoms with E-state index in [4.69, 9.17) is 13.9 Å². The molecule has 94 valence electrons. The number of rotatable bonds is 2. The highest BCUT2D eigenvalue weighted by Crippen LogP contribution is 2.21. The number of nitrogens with zero attached hydrogens (tertiary/aromatic N) is 1. The van der Waals surface area contributed by atoms with Gasteiger partial charge in [0.25, 0.3) is 0 Å². The zero-order valence-electron chi connectivity index (χ0n) is 10.3. The quantitative estimate of drug-likeness (QED) is 0.816. The van der Waals surface area contributed by atoms with Gasteiger partial charge in [0.1, 0.15) is 16.9 Å². The molecule has 0 unspecified atom stereocenters. The predicted octanol–water partition coefficient (Wildman–Crippen LogP) is 2.65. The van der Waals surface area contributed by atoms with Crippen LogP contribution in [-0.2, 0) is 9.47 Å². The molecule has 1 fully saturated rings. The van der Waals surface area contributed by atoms with Gasteiger partial charge in [0.15, 0.2) is 5.58 Å². The van der Waals surface area contributed by atoms with Crippen LogP contribution in [0, 0.1) is 0 Å². The first-order chi connectivity index (χ1) is 8.75. The van der Waals surface area contributed by atoms with E-state index in [-0.39, 0.29) is 5.60 Å². The minimum absolute atomic E-state index is 0.370. The summed E-state index contributed by atoms with van der Waals surface area (Å²) < 4.78 is 16.8. The fourth-order valence-corrected chi connectivity index (χ4v) is 1.98. The molecule has 0 N–H and O–H groups in total. The third kappa shape index (κ3) is 2.30. The SMILES string of the molecule is C[C@]1(/C=C/c2cc3ncccc3o2)COCCO1. The van der Waals surface area contributed by atoms with Crippen molar-refractivity contribution in [1.29, 1.82) is 0 Å². The van der Waals surface area contributed by atoms with Crippen LogP contribution >= 0.6 is 0 Å². The monoisotopic (exact) mass is 245 g/mol. The summed E-state index contributed by atoms with van der Waals surface area (Å²) in [5, 5.41) is 0. The molecule has 0 bridgehead atoms. The molecule has 18 heavy (non-hydrogen) atoms. The molecule has 0 aromatic carbocycles. The van der Waals surface area contributed by atoms with Crippen LogP contribution in [0.15, 0.2) is 34.9 Å². The maximum atomic E-state index is 5.69. The summed E-state index contributed by atoms with van der Waals surface area (Å²) >= 11 is 0. The smallest absolute Gasteiger partial charge is 0.153 e. The number of pyridine rings is 1. The largest absolute Gasteiger partial charge is 0.455 e. The zero-order chi connectivity index (χ0) is 12.4. The molecule has 2 aromatic rings. The van der Waals surface area contributed by atoms with Gasteiger partial charge >= 0.3 is 0 Å². The second-order valence-corrected chi connectivity index (χ2v) is 4.58. The van der Waals surface area contributed by atoms with Gasteiger partial charge in [-0.25, -0.2) is 0 Å². The highest BCUT2D eigenvalue weighted by Gasteiger charge is 2.25. The van der Waals surface area contributed by atoms with E-state index < -0.39 is 0 Å². The van der Waals surface area contributed by atoms with Crippen molar-refractivity contribution in [2.24, 2.45) is 0 Å². The van der Waals surface area contributed by atoms with Crippen LogP contribution in [0.1, 0.15) is 12.7 Å². The second kappa shape index (κ2) is 4.55. The summed E-state index contributed by atoms with van der Waals surface area (Å²) in [6, 6.07) is 5.68. The topological polar surface area (TPSA) is 44.5 Å². The van der Waals surface area contributed by atoms with Crippen molar-refractivity contribution in [2.45, 2.75) is 12.5 Å². The average molecular weight is 245 g/mol. The van der Waals surface area contributed by atoms with E-state index in [0.29, 0.717) is 19.8 Å². The Bertz CT molecular complexity index is 534. The highest BCUT2D eigenvalue weighted by atomic mass is 16.6. The summed E-state index contributed by atoms with van der Waals surface area (Å²) in [4.78, 5) is 4.23. The lowest BCUT2D eigenvalue weighted by atomic mass is 10.1. The summed E-state index contributed by atoms with van der Waals surface area (Å²) in [6.45, 7) is 3.87. The van der Waals surface area contributed by atoms with Gasteiger partial charge in [0.05, 0.1) is 19.8 Å². The zero-order valence-corrected chi connectivity index (χ0v) is 10.3. The fourth-order valence-electron chi connectivity index (χ4n) is 1.98. The first kappa shape index (κ1) is 11.4. The molecule has 3 rings (SSSR count). The van der Waals surface area contributed by atoms with Crippen molar-refractivity contribution in [3.8, 4) is 0 Å². The van der Waals surface area contributed by atoms with Crippen LogP contribution in [0.2, 0.25) is 0 Å². The molecule has 1 aliphatic rings. The number of aromatic nitrogens is 1. The summed E-state index contributed by atoms with van der Waals surface area (Å²) in [5.74, 6) is 0.777. The van der Waals surface area contributed by atoms with Crippen LogP contribution < -0.4 is 0 Å². The number of ether oxygens (including phenoxy) is 2. The first-order valence-corrected chi connectivity index (χ1v) is 6.01. The van der Waals surface area contributed by atoms with Gasteiger partial charge in [-0.3, -0.25) is 4.98 Å². The molecule has 4 nitrogen and oxygen atoms in total. The average Bonchev–Trinajstić information content (AvgIpc) is 2.80. The van der Waals surface area contributed by atoms with Crippen molar-refractivity contribution in [2.75, 3.05) is 19.8 Å². The van der Waals surface area contributed by atoms with Gasteiger partial charge in [0.2, 0.25) is 0 Å². The molecule has 1 saturated heterocycles. The normalized spacial score (nSPS) is 24.9. The summed E-state index contributed by atoms with van der Waals surface area (Å²) in [6.07, 6.45) is 5.64. The molecule has 1 atom stereocenters. The van der Waals surface area contributed by atoms with Gasteiger partial charge in [-0.2, -0.15) is 0 Å². The molecular weight excluding hydrogens is 230 g/mol. The molecule has 0 aliphatic carbocycles. The van der Waals surface area contributed by atoms with Crippen LogP contribution in [-0.4, -0.2) is 30.4 Å². The molecule has 0 amide bonds. The lowest BCUT2D eigenvalue weighted by molar-refractivity contribution is -0.121. The van der Waals surface area contributed by atoms with Crippen molar-refractivity contribution in [3.05, 3.63) is 36.2 Å². The predicted molar refractivity (Wildman–Crippen MR) is 68.2 cm³/mol. The van der Waals surface area contributed by atoms with E-state index in [0.717, 1.165) is 16.9 Å². The summed E-state index contributed by atoms with van der Waals surface area (Å²) in [7, 11) is 0. The van der Waals surface area contributed by atoms with E-state index in [9.17, 15) is 0 Å². The Hall–Kier alpha value is -1.65. The van der Waals surface area contributed by atoms with E-state index in [1.54, 1.807) is 6.20 Å². The summed E-state index contributed by atoms with van der Waals surface area (Å²) in [5.41, 5.74) is 1.29. The third-order valence-corrected chi connectivity index (χ3v) is 2.95. The van der Waals surface area contributed by atoms with Gasteiger partial charge in [-0.1, -0.05) is 0 Å². The Balaban J connectivity index is 1.82. The third-order valence-electron chi connectivity index (χ3n) is 2.95. The number of hydrogen-bond acceptors (Lipinski definition) is 4. The van der Waals surface area contributed by atoms with E-state index >= 15 is 0 Å². The first-order valence-electron chi connectivity index (χ1n) is 6.01. The van der Waals surface area contributed by atoms with Gasteiger partial charge in [-0.15, -0.1) is 0 Å². The Kier molecular flexibility index (Phi) is 2.89. The van der Waals surface area contributed by atoms with Crippen molar-refractivity contribution in [1.82, 2.24) is 4.98 Å². The van der Waals surface area contributed by atoms with Crippen molar-refractivity contribution >= 4 is 17.2 Å². The van der Waals surface area contributed by atoms with Gasteiger partial charge in [-0.05, 0) is 31.2 Å².